The largest absolute Gasteiger partial charge is 0.310 e. The number of aromatic nitrogens is 1. The van der Waals surface area contributed by atoms with Crippen LogP contribution in [-0.2, 0) is 13.0 Å². The predicted octanol–water partition coefficient (Wildman–Crippen LogP) is 5.43. The molecule has 0 amide bonds. The van der Waals surface area contributed by atoms with Gasteiger partial charge in [0, 0.05) is 30.4 Å². The van der Waals surface area contributed by atoms with Gasteiger partial charge in [0.1, 0.15) is 0 Å². The van der Waals surface area contributed by atoms with E-state index in [2.05, 4.69) is 72.7 Å². The maximum atomic E-state index is 4.17. The molecular weight excluding hydrogens is 304 g/mol. The summed E-state index contributed by atoms with van der Waals surface area (Å²) in [6.07, 6.45) is 8.72. The van der Waals surface area contributed by atoms with E-state index in [1.54, 1.807) is 0 Å². The van der Waals surface area contributed by atoms with Gasteiger partial charge in [-0.25, -0.2) is 0 Å². The molecule has 0 aliphatic rings. The highest BCUT2D eigenvalue weighted by Crippen LogP contribution is 2.15. The molecule has 1 aromatic heterocycles. The van der Waals surface area contributed by atoms with E-state index in [0.717, 1.165) is 6.54 Å². The van der Waals surface area contributed by atoms with Crippen molar-refractivity contribution >= 4 is 10.8 Å². The van der Waals surface area contributed by atoms with Gasteiger partial charge < -0.3 is 5.32 Å². The summed E-state index contributed by atoms with van der Waals surface area (Å²) in [6.45, 7) is 5.36. The second-order valence-corrected chi connectivity index (χ2v) is 7.07. The molecule has 0 saturated heterocycles. The third-order valence-electron chi connectivity index (χ3n) is 4.83. The van der Waals surface area contributed by atoms with E-state index in [0.29, 0.717) is 6.04 Å². The lowest BCUT2D eigenvalue weighted by molar-refractivity contribution is 0.489. The average molecular weight is 332 g/mol. The third-order valence-corrected chi connectivity index (χ3v) is 4.83. The second-order valence-electron chi connectivity index (χ2n) is 7.07. The summed E-state index contributed by atoms with van der Waals surface area (Å²) in [5, 5.41) is 6.12. The van der Waals surface area contributed by atoms with Gasteiger partial charge in [-0.15, -0.1) is 0 Å². The third kappa shape index (κ3) is 5.40. The molecule has 0 bridgehead atoms. The van der Waals surface area contributed by atoms with Crippen LogP contribution in [0.4, 0.5) is 0 Å². The highest BCUT2D eigenvalue weighted by atomic mass is 14.9. The van der Waals surface area contributed by atoms with Gasteiger partial charge in [-0.3, -0.25) is 4.98 Å². The van der Waals surface area contributed by atoms with Crippen molar-refractivity contribution < 1.29 is 0 Å². The number of benzene rings is 2. The summed E-state index contributed by atoms with van der Waals surface area (Å²) in [5.74, 6) is 0. The number of aryl methyl sites for hydroxylation is 2. The molecule has 0 fully saturated rings. The zero-order valence-electron chi connectivity index (χ0n) is 15.3. The summed E-state index contributed by atoms with van der Waals surface area (Å²) < 4.78 is 0. The fraction of sp³-hybridized carbons (Fsp3) is 0.348. The molecule has 3 aromatic rings. The zero-order chi connectivity index (χ0) is 17.5. The Morgan fingerprint density at radius 2 is 1.72 bits per heavy atom. The maximum absolute atomic E-state index is 4.17. The van der Waals surface area contributed by atoms with Crippen molar-refractivity contribution in [3.8, 4) is 0 Å². The van der Waals surface area contributed by atoms with Crippen molar-refractivity contribution in [1.82, 2.24) is 10.3 Å². The van der Waals surface area contributed by atoms with Crippen LogP contribution >= 0.6 is 0 Å². The Kier molecular flexibility index (Phi) is 6.19. The van der Waals surface area contributed by atoms with Gasteiger partial charge in [0.05, 0.1) is 0 Å². The molecule has 0 spiro atoms. The van der Waals surface area contributed by atoms with E-state index >= 15 is 0 Å². The van der Waals surface area contributed by atoms with Crippen molar-refractivity contribution in [3.05, 3.63) is 77.6 Å². The molecule has 2 aromatic carbocycles. The normalized spacial score (nSPS) is 12.4. The number of pyridine rings is 1. The van der Waals surface area contributed by atoms with E-state index < -0.39 is 0 Å². The lowest BCUT2D eigenvalue weighted by Gasteiger charge is -2.14. The number of nitrogens with one attached hydrogen (secondary N) is 1. The lowest BCUT2D eigenvalue weighted by Crippen LogP contribution is -2.25. The smallest absolute Gasteiger partial charge is 0.0346 e. The average Bonchev–Trinajstić information content (AvgIpc) is 2.65. The first-order chi connectivity index (χ1) is 12.2. The van der Waals surface area contributed by atoms with Gasteiger partial charge in [-0.1, -0.05) is 48.4 Å². The van der Waals surface area contributed by atoms with Gasteiger partial charge in [-0.2, -0.15) is 0 Å². The van der Waals surface area contributed by atoms with E-state index in [1.807, 2.05) is 12.4 Å². The molecule has 0 saturated carbocycles. The Morgan fingerprint density at radius 1 is 0.920 bits per heavy atom. The van der Waals surface area contributed by atoms with Crippen molar-refractivity contribution in [2.24, 2.45) is 0 Å². The molecule has 3 rings (SSSR count). The van der Waals surface area contributed by atoms with Crippen molar-refractivity contribution in [2.45, 2.75) is 52.1 Å². The molecule has 130 valence electrons. The van der Waals surface area contributed by atoms with Crippen molar-refractivity contribution in [2.75, 3.05) is 0 Å². The maximum Gasteiger partial charge on any atom is 0.0346 e. The number of nitrogens with zero attached hydrogens (tertiary/aromatic N) is 1. The van der Waals surface area contributed by atoms with Crippen molar-refractivity contribution in [3.63, 3.8) is 0 Å². The number of fused-ring (bicyclic) bond motifs is 1. The number of unbranched alkanes of at least 4 members (excludes halogenated alkanes) is 1. The standard InChI is InChI=1S/C23H28N2/c1-18-7-9-20(10-8-18)6-4-3-5-19(2)25-16-21-11-12-23-17-24-14-13-22(23)15-21/h7-15,17,19,25H,3-6,16H2,1-2H3/t19-/m1/s1. The molecule has 0 aliphatic heterocycles. The zero-order valence-corrected chi connectivity index (χ0v) is 15.3. The molecule has 0 radical (unpaired) electrons. The minimum absolute atomic E-state index is 0.547. The summed E-state index contributed by atoms with van der Waals surface area (Å²) >= 11 is 0. The first-order valence-electron chi connectivity index (χ1n) is 9.32. The SMILES string of the molecule is Cc1ccc(CCCC[C@@H](C)NCc2ccc3cnccc3c2)cc1. The van der Waals surface area contributed by atoms with E-state index in [4.69, 9.17) is 0 Å². The lowest BCUT2D eigenvalue weighted by atomic mass is 10.0. The molecular formula is C23H28N2. The Morgan fingerprint density at radius 3 is 2.56 bits per heavy atom. The predicted molar refractivity (Wildman–Crippen MR) is 107 cm³/mol. The Hall–Kier alpha value is -2.19. The van der Waals surface area contributed by atoms with Crippen LogP contribution in [0.2, 0.25) is 0 Å². The number of hydrogen-bond acceptors (Lipinski definition) is 2. The molecule has 1 heterocycles. The summed E-state index contributed by atoms with van der Waals surface area (Å²) in [4.78, 5) is 4.17. The molecule has 2 nitrogen and oxygen atoms in total. The summed E-state index contributed by atoms with van der Waals surface area (Å²) in [5.41, 5.74) is 4.13. The van der Waals surface area contributed by atoms with Crippen LogP contribution < -0.4 is 5.32 Å². The monoisotopic (exact) mass is 332 g/mol. The van der Waals surface area contributed by atoms with Crippen LogP contribution in [0.5, 0.6) is 0 Å². The number of hydrogen-bond donors (Lipinski definition) is 1. The Labute approximate surface area is 151 Å². The van der Waals surface area contributed by atoms with E-state index in [9.17, 15) is 0 Å². The van der Waals surface area contributed by atoms with E-state index in [-0.39, 0.29) is 0 Å². The van der Waals surface area contributed by atoms with Crippen LogP contribution in [0.3, 0.4) is 0 Å². The quantitative estimate of drug-likeness (QED) is 0.556. The van der Waals surface area contributed by atoms with Gasteiger partial charge in [-0.05, 0) is 61.8 Å². The molecule has 2 heteroatoms. The van der Waals surface area contributed by atoms with Crippen LogP contribution in [0, 0.1) is 6.92 Å². The fourth-order valence-electron chi connectivity index (χ4n) is 3.17. The van der Waals surface area contributed by atoms with Crippen molar-refractivity contribution in [1.29, 1.82) is 0 Å². The molecule has 0 aliphatic carbocycles. The van der Waals surface area contributed by atoms with Crippen LogP contribution in [0.25, 0.3) is 10.8 Å². The second kappa shape index (κ2) is 8.77. The molecule has 0 unspecified atom stereocenters. The Balaban J connectivity index is 1.38. The molecule has 1 atom stereocenters. The minimum atomic E-state index is 0.547. The van der Waals surface area contributed by atoms with Crippen LogP contribution in [0.15, 0.2) is 60.9 Å². The number of rotatable bonds is 8. The first-order valence-corrected chi connectivity index (χ1v) is 9.32. The molecule has 25 heavy (non-hydrogen) atoms. The summed E-state index contributed by atoms with van der Waals surface area (Å²) in [7, 11) is 0. The Bertz CT molecular complexity index is 793. The van der Waals surface area contributed by atoms with Crippen LogP contribution in [0.1, 0.15) is 42.9 Å². The van der Waals surface area contributed by atoms with Gasteiger partial charge in [0.25, 0.3) is 0 Å². The minimum Gasteiger partial charge on any atom is -0.310 e. The topological polar surface area (TPSA) is 24.9 Å². The van der Waals surface area contributed by atoms with Gasteiger partial charge >= 0.3 is 0 Å². The highest BCUT2D eigenvalue weighted by Gasteiger charge is 2.03. The first kappa shape index (κ1) is 17.6. The summed E-state index contributed by atoms with van der Waals surface area (Å²) in [6, 6.07) is 18.2. The molecule has 1 N–H and O–H groups in total. The highest BCUT2D eigenvalue weighted by molar-refractivity contribution is 5.81. The van der Waals surface area contributed by atoms with Gasteiger partial charge in [0.2, 0.25) is 0 Å². The van der Waals surface area contributed by atoms with Crippen LogP contribution in [-0.4, -0.2) is 11.0 Å². The fourth-order valence-corrected chi connectivity index (χ4v) is 3.17. The van der Waals surface area contributed by atoms with Gasteiger partial charge in [0.15, 0.2) is 0 Å². The van der Waals surface area contributed by atoms with E-state index in [1.165, 1.54) is 53.1 Å².